The van der Waals surface area contributed by atoms with Gasteiger partial charge in [0.2, 0.25) is 5.95 Å². The summed E-state index contributed by atoms with van der Waals surface area (Å²) in [7, 11) is 4.13. The van der Waals surface area contributed by atoms with Crippen LogP contribution in [-0.2, 0) is 0 Å². The van der Waals surface area contributed by atoms with Crippen LogP contribution in [0.15, 0.2) is 24.5 Å². The molecular weight excluding hydrogens is 316 g/mol. The molecule has 3 rings (SSSR count). The van der Waals surface area contributed by atoms with Gasteiger partial charge in [-0.25, -0.2) is 19.9 Å². The van der Waals surface area contributed by atoms with Gasteiger partial charge in [-0.15, -0.1) is 0 Å². The van der Waals surface area contributed by atoms with E-state index in [1.54, 1.807) is 12.4 Å². The van der Waals surface area contributed by atoms with Crippen LogP contribution in [0.1, 0.15) is 5.82 Å². The van der Waals surface area contributed by atoms with E-state index in [1.165, 1.54) is 0 Å². The molecule has 0 saturated carbocycles. The molecule has 25 heavy (non-hydrogen) atoms. The van der Waals surface area contributed by atoms with Crippen molar-refractivity contribution >= 4 is 17.6 Å². The highest BCUT2D eigenvalue weighted by molar-refractivity contribution is 5.50. The van der Waals surface area contributed by atoms with Gasteiger partial charge in [0, 0.05) is 57.7 Å². The number of nitrogens with zero attached hydrogens (tertiary/aromatic N) is 7. The van der Waals surface area contributed by atoms with Gasteiger partial charge in [0.25, 0.3) is 0 Å². The summed E-state index contributed by atoms with van der Waals surface area (Å²) in [5.74, 6) is 3.46. The van der Waals surface area contributed by atoms with Gasteiger partial charge in [-0.2, -0.15) is 0 Å². The molecule has 134 valence electrons. The van der Waals surface area contributed by atoms with E-state index in [4.69, 9.17) is 0 Å². The molecule has 0 radical (unpaired) electrons. The molecular formula is C17H26N8. The minimum atomic E-state index is 0.790. The number of aryl methyl sites for hydroxylation is 1. The first kappa shape index (κ1) is 17.3. The van der Waals surface area contributed by atoms with Gasteiger partial charge in [0.1, 0.15) is 17.5 Å². The highest BCUT2D eigenvalue weighted by Gasteiger charge is 2.20. The fraction of sp³-hybridized carbons (Fsp3) is 0.529. The monoisotopic (exact) mass is 342 g/mol. The Hall–Kier alpha value is -2.48. The van der Waals surface area contributed by atoms with E-state index in [-0.39, 0.29) is 0 Å². The molecule has 8 nitrogen and oxygen atoms in total. The summed E-state index contributed by atoms with van der Waals surface area (Å²) < 4.78 is 0. The number of aromatic nitrogens is 4. The topological polar surface area (TPSA) is 73.3 Å². The Labute approximate surface area is 148 Å². The summed E-state index contributed by atoms with van der Waals surface area (Å²) >= 11 is 0. The van der Waals surface area contributed by atoms with Crippen LogP contribution in [0, 0.1) is 6.92 Å². The number of likely N-dealkylation sites (N-methyl/N-ethyl adjacent to an activating group) is 1. The van der Waals surface area contributed by atoms with Crippen LogP contribution in [0.25, 0.3) is 0 Å². The molecule has 3 heterocycles. The summed E-state index contributed by atoms with van der Waals surface area (Å²) in [6, 6.07) is 3.88. The smallest absolute Gasteiger partial charge is 0.225 e. The van der Waals surface area contributed by atoms with Crippen molar-refractivity contribution in [1.29, 1.82) is 0 Å². The van der Waals surface area contributed by atoms with E-state index in [1.807, 2.05) is 19.1 Å². The Kier molecular flexibility index (Phi) is 5.60. The van der Waals surface area contributed by atoms with Crippen molar-refractivity contribution in [2.45, 2.75) is 6.92 Å². The normalized spacial score (nSPS) is 14.9. The fourth-order valence-electron chi connectivity index (χ4n) is 2.80. The van der Waals surface area contributed by atoms with Crippen molar-refractivity contribution in [1.82, 2.24) is 24.8 Å². The van der Waals surface area contributed by atoms with Crippen molar-refractivity contribution in [3.8, 4) is 0 Å². The summed E-state index contributed by atoms with van der Waals surface area (Å²) in [4.78, 5) is 24.4. The number of piperazine rings is 1. The zero-order valence-electron chi connectivity index (χ0n) is 15.2. The number of hydrogen-bond acceptors (Lipinski definition) is 8. The van der Waals surface area contributed by atoms with Crippen LogP contribution in [0.3, 0.4) is 0 Å². The molecule has 1 aliphatic rings. The van der Waals surface area contributed by atoms with E-state index in [0.29, 0.717) is 0 Å². The molecule has 0 atom stereocenters. The van der Waals surface area contributed by atoms with Crippen LogP contribution < -0.4 is 15.1 Å². The number of hydrogen-bond donors (Lipinski definition) is 1. The third kappa shape index (κ3) is 4.76. The Morgan fingerprint density at radius 3 is 2.40 bits per heavy atom. The fourth-order valence-corrected chi connectivity index (χ4v) is 2.80. The second-order valence-corrected chi connectivity index (χ2v) is 6.41. The average Bonchev–Trinajstić information content (AvgIpc) is 2.62. The van der Waals surface area contributed by atoms with Gasteiger partial charge >= 0.3 is 0 Å². The molecule has 0 unspecified atom stereocenters. The lowest BCUT2D eigenvalue weighted by atomic mass is 10.3. The maximum absolute atomic E-state index is 4.61. The molecule has 0 aliphatic carbocycles. The minimum absolute atomic E-state index is 0.790. The minimum Gasteiger partial charge on any atom is -0.369 e. The summed E-state index contributed by atoms with van der Waals surface area (Å²) in [5.41, 5.74) is 0. The van der Waals surface area contributed by atoms with E-state index in [2.05, 4.69) is 54.0 Å². The van der Waals surface area contributed by atoms with Crippen molar-refractivity contribution < 1.29 is 0 Å². The summed E-state index contributed by atoms with van der Waals surface area (Å²) in [6.45, 7) is 7.33. The third-order valence-corrected chi connectivity index (χ3v) is 4.13. The highest BCUT2D eigenvalue weighted by Crippen LogP contribution is 2.19. The van der Waals surface area contributed by atoms with E-state index >= 15 is 0 Å². The molecule has 0 spiro atoms. The van der Waals surface area contributed by atoms with E-state index in [9.17, 15) is 0 Å². The number of rotatable bonds is 6. The van der Waals surface area contributed by atoms with Crippen molar-refractivity contribution in [2.24, 2.45) is 0 Å². The van der Waals surface area contributed by atoms with E-state index < -0.39 is 0 Å². The van der Waals surface area contributed by atoms with Crippen LogP contribution in [0.2, 0.25) is 0 Å². The first-order valence-electron chi connectivity index (χ1n) is 8.63. The number of nitrogens with one attached hydrogen (secondary N) is 1. The summed E-state index contributed by atoms with van der Waals surface area (Å²) in [6.07, 6.45) is 3.57. The Balaban J connectivity index is 1.61. The molecule has 1 aliphatic heterocycles. The van der Waals surface area contributed by atoms with Gasteiger partial charge in [0.15, 0.2) is 0 Å². The molecule has 0 bridgehead atoms. The maximum atomic E-state index is 4.61. The molecule has 1 saturated heterocycles. The largest absolute Gasteiger partial charge is 0.369 e. The van der Waals surface area contributed by atoms with Crippen LogP contribution in [0.5, 0.6) is 0 Å². The van der Waals surface area contributed by atoms with Crippen molar-refractivity contribution in [3.05, 3.63) is 30.4 Å². The van der Waals surface area contributed by atoms with Gasteiger partial charge in [-0.3, -0.25) is 0 Å². The Morgan fingerprint density at radius 1 is 1.04 bits per heavy atom. The first-order valence-corrected chi connectivity index (χ1v) is 8.63. The molecule has 0 aromatic carbocycles. The van der Waals surface area contributed by atoms with Crippen LogP contribution in [0.4, 0.5) is 17.6 Å². The second kappa shape index (κ2) is 8.06. The van der Waals surface area contributed by atoms with Crippen molar-refractivity contribution in [2.75, 3.05) is 68.5 Å². The maximum Gasteiger partial charge on any atom is 0.225 e. The second-order valence-electron chi connectivity index (χ2n) is 6.41. The van der Waals surface area contributed by atoms with E-state index in [0.717, 1.165) is 62.7 Å². The van der Waals surface area contributed by atoms with Crippen LogP contribution >= 0.6 is 0 Å². The zero-order chi connectivity index (χ0) is 17.6. The third-order valence-electron chi connectivity index (χ3n) is 4.13. The van der Waals surface area contributed by atoms with Gasteiger partial charge in [0.05, 0.1) is 0 Å². The Morgan fingerprint density at radius 2 is 1.72 bits per heavy atom. The lowest BCUT2D eigenvalue weighted by Crippen LogP contribution is -2.47. The van der Waals surface area contributed by atoms with Crippen LogP contribution in [-0.4, -0.2) is 78.2 Å². The molecule has 0 amide bonds. The van der Waals surface area contributed by atoms with Gasteiger partial charge < -0.3 is 20.0 Å². The van der Waals surface area contributed by atoms with Crippen molar-refractivity contribution in [3.63, 3.8) is 0 Å². The average molecular weight is 342 g/mol. The van der Waals surface area contributed by atoms with Gasteiger partial charge in [-0.1, -0.05) is 0 Å². The first-order chi connectivity index (χ1) is 12.1. The molecule has 1 N–H and O–H groups in total. The quantitative estimate of drug-likeness (QED) is 0.829. The molecule has 2 aromatic rings. The SMILES string of the molecule is Cc1nc(NCCN(C)C)cc(N2CCN(c3ncccn3)CC2)n1. The molecule has 1 fully saturated rings. The lowest BCUT2D eigenvalue weighted by molar-refractivity contribution is 0.425. The molecule has 2 aromatic heterocycles. The molecule has 8 heteroatoms. The Bertz CT molecular complexity index is 668. The lowest BCUT2D eigenvalue weighted by Gasteiger charge is -2.35. The predicted molar refractivity (Wildman–Crippen MR) is 100 cm³/mol. The highest BCUT2D eigenvalue weighted by atomic mass is 15.3. The zero-order valence-corrected chi connectivity index (χ0v) is 15.2. The number of anilines is 3. The predicted octanol–water partition coefficient (Wildman–Crippen LogP) is 0.875. The standard InChI is InChI=1S/C17H26N8/c1-14-21-15(18-7-8-23(2)3)13-16(22-14)24-9-11-25(12-10-24)17-19-5-4-6-20-17/h4-6,13H,7-12H2,1-3H3,(H,18,21,22). The van der Waals surface area contributed by atoms with Gasteiger partial charge in [-0.05, 0) is 27.1 Å². The summed E-state index contributed by atoms with van der Waals surface area (Å²) in [5, 5.41) is 3.38.